The maximum absolute atomic E-state index is 12.4. The standard InChI is InChI=1S/C16H14ClNO3/c1-9-3-4-10(2)13(5-9)18-16(19)11-6-12(17)15-14(7-11)20-8-21-15/h3-7H,8H2,1-2H3,(H,18,19). The summed E-state index contributed by atoms with van der Waals surface area (Å²) in [5, 5.41) is 3.26. The molecular weight excluding hydrogens is 290 g/mol. The minimum atomic E-state index is -0.232. The molecule has 1 N–H and O–H groups in total. The predicted octanol–water partition coefficient (Wildman–Crippen LogP) is 3.94. The van der Waals surface area contributed by atoms with Crippen molar-refractivity contribution in [2.24, 2.45) is 0 Å². The number of carbonyl (C=O) groups excluding carboxylic acids is 1. The van der Waals surface area contributed by atoms with Gasteiger partial charge in [-0.3, -0.25) is 4.79 Å². The number of anilines is 1. The summed E-state index contributed by atoms with van der Waals surface area (Å²) in [6.45, 7) is 4.05. The van der Waals surface area contributed by atoms with E-state index in [0.717, 1.165) is 16.8 Å². The molecule has 0 aromatic heterocycles. The summed E-state index contributed by atoms with van der Waals surface area (Å²) in [6.07, 6.45) is 0. The Hall–Kier alpha value is -2.20. The topological polar surface area (TPSA) is 47.6 Å². The third-order valence-electron chi connectivity index (χ3n) is 3.33. The van der Waals surface area contributed by atoms with Gasteiger partial charge in [0.2, 0.25) is 6.79 Å². The maximum atomic E-state index is 12.4. The first-order chi connectivity index (χ1) is 10.0. The number of aryl methyl sites for hydroxylation is 2. The van der Waals surface area contributed by atoms with Crippen molar-refractivity contribution >= 4 is 23.2 Å². The van der Waals surface area contributed by atoms with Gasteiger partial charge in [-0.25, -0.2) is 0 Å². The summed E-state index contributed by atoms with van der Waals surface area (Å²) in [7, 11) is 0. The summed E-state index contributed by atoms with van der Waals surface area (Å²) in [4.78, 5) is 12.4. The molecule has 5 heteroatoms. The highest BCUT2D eigenvalue weighted by molar-refractivity contribution is 6.32. The van der Waals surface area contributed by atoms with Gasteiger partial charge in [0.25, 0.3) is 5.91 Å². The second-order valence-electron chi connectivity index (χ2n) is 4.96. The van der Waals surface area contributed by atoms with Crippen LogP contribution in [-0.4, -0.2) is 12.7 Å². The Morgan fingerprint density at radius 1 is 1.19 bits per heavy atom. The van der Waals surface area contributed by atoms with Gasteiger partial charge in [0.05, 0.1) is 5.02 Å². The molecule has 2 aromatic carbocycles. The van der Waals surface area contributed by atoms with Gasteiger partial charge in [-0.2, -0.15) is 0 Å². The van der Waals surface area contributed by atoms with E-state index < -0.39 is 0 Å². The summed E-state index contributed by atoms with van der Waals surface area (Å²) in [6, 6.07) is 9.12. The van der Waals surface area contributed by atoms with Gasteiger partial charge in [-0.15, -0.1) is 0 Å². The lowest BCUT2D eigenvalue weighted by atomic mass is 10.1. The Morgan fingerprint density at radius 2 is 2.00 bits per heavy atom. The van der Waals surface area contributed by atoms with Gasteiger partial charge >= 0.3 is 0 Å². The van der Waals surface area contributed by atoms with Gasteiger partial charge < -0.3 is 14.8 Å². The second kappa shape index (κ2) is 5.30. The molecule has 3 rings (SSSR count). The number of benzene rings is 2. The quantitative estimate of drug-likeness (QED) is 0.914. The van der Waals surface area contributed by atoms with E-state index in [-0.39, 0.29) is 12.7 Å². The van der Waals surface area contributed by atoms with Crippen LogP contribution in [0.5, 0.6) is 11.5 Å². The van der Waals surface area contributed by atoms with Crippen LogP contribution >= 0.6 is 11.6 Å². The average Bonchev–Trinajstić information content (AvgIpc) is 2.91. The molecule has 0 aliphatic carbocycles. The predicted molar refractivity (Wildman–Crippen MR) is 81.4 cm³/mol. The molecule has 1 heterocycles. The molecular formula is C16H14ClNO3. The molecule has 1 amide bonds. The normalized spacial score (nSPS) is 12.3. The van der Waals surface area contributed by atoms with Crippen molar-refractivity contribution in [1.29, 1.82) is 0 Å². The number of fused-ring (bicyclic) bond motifs is 1. The van der Waals surface area contributed by atoms with Gasteiger partial charge in [-0.05, 0) is 43.2 Å². The van der Waals surface area contributed by atoms with Crippen molar-refractivity contribution in [2.75, 3.05) is 12.1 Å². The van der Waals surface area contributed by atoms with E-state index in [9.17, 15) is 4.79 Å². The van der Waals surface area contributed by atoms with E-state index >= 15 is 0 Å². The number of amides is 1. The lowest BCUT2D eigenvalue weighted by Crippen LogP contribution is -2.13. The molecule has 0 fully saturated rings. The molecule has 1 aliphatic rings. The lowest BCUT2D eigenvalue weighted by Gasteiger charge is -2.10. The van der Waals surface area contributed by atoms with Crippen LogP contribution < -0.4 is 14.8 Å². The van der Waals surface area contributed by atoms with Crippen LogP contribution in [0.2, 0.25) is 5.02 Å². The summed E-state index contributed by atoms with van der Waals surface area (Å²) in [5.41, 5.74) is 3.30. The molecule has 108 valence electrons. The van der Waals surface area contributed by atoms with Gasteiger partial charge in [0.15, 0.2) is 11.5 Å². The highest BCUT2D eigenvalue weighted by Gasteiger charge is 2.20. The molecule has 0 spiro atoms. The Labute approximate surface area is 127 Å². The number of hydrogen-bond acceptors (Lipinski definition) is 3. The zero-order chi connectivity index (χ0) is 15.0. The van der Waals surface area contributed by atoms with E-state index in [1.54, 1.807) is 12.1 Å². The highest BCUT2D eigenvalue weighted by atomic mass is 35.5. The Kier molecular flexibility index (Phi) is 3.47. The third kappa shape index (κ3) is 2.67. The first-order valence-corrected chi connectivity index (χ1v) is 6.90. The molecule has 0 saturated heterocycles. The van der Waals surface area contributed by atoms with E-state index in [4.69, 9.17) is 21.1 Å². The van der Waals surface area contributed by atoms with Crippen molar-refractivity contribution in [3.8, 4) is 11.5 Å². The second-order valence-corrected chi connectivity index (χ2v) is 5.37. The molecule has 4 nitrogen and oxygen atoms in total. The lowest BCUT2D eigenvalue weighted by molar-refractivity contribution is 0.102. The van der Waals surface area contributed by atoms with Crippen molar-refractivity contribution in [3.05, 3.63) is 52.0 Å². The first kappa shape index (κ1) is 13.8. The third-order valence-corrected chi connectivity index (χ3v) is 3.61. The van der Waals surface area contributed by atoms with Crippen LogP contribution in [0.25, 0.3) is 0 Å². The fourth-order valence-corrected chi connectivity index (χ4v) is 2.43. The number of ether oxygens (including phenoxy) is 2. The monoisotopic (exact) mass is 303 g/mol. The van der Waals surface area contributed by atoms with Gasteiger partial charge in [0, 0.05) is 11.3 Å². The van der Waals surface area contributed by atoms with Gasteiger partial charge in [-0.1, -0.05) is 23.7 Å². The largest absolute Gasteiger partial charge is 0.454 e. The van der Waals surface area contributed by atoms with E-state index in [0.29, 0.717) is 22.1 Å². The van der Waals surface area contributed by atoms with Crippen molar-refractivity contribution < 1.29 is 14.3 Å². The SMILES string of the molecule is Cc1ccc(C)c(NC(=O)c2cc(Cl)c3c(c2)OCO3)c1. The Balaban J connectivity index is 1.89. The minimum absolute atomic E-state index is 0.122. The highest BCUT2D eigenvalue weighted by Crippen LogP contribution is 2.39. The molecule has 0 atom stereocenters. The van der Waals surface area contributed by atoms with Crippen LogP contribution in [0.1, 0.15) is 21.5 Å². The number of carbonyl (C=O) groups is 1. The van der Waals surface area contributed by atoms with Crippen LogP contribution in [0.15, 0.2) is 30.3 Å². The number of hydrogen-bond donors (Lipinski definition) is 1. The minimum Gasteiger partial charge on any atom is -0.454 e. The smallest absolute Gasteiger partial charge is 0.255 e. The fourth-order valence-electron chi connectivity index (χ4n) is 2.16. The zero-order valence-electron chi connectivity index (χ0n) is 11.7. The van der Waals surface area contributed by atoms with Crippen LogP contribution in [-0.2, 0) is 0 Å². The fraction of sp³-hybridized carbons (Fsp3) is 0.188. The van der Waals surface area contributed by atoms with Gasteiger partial charge in [0.1, 0.15) is 0 Å². The summed E-state index contributed by atoms with van der Waals surface area (Å²) < 4.78 is 10.5. The van der Waals surface area contributed by atoms with E-state index in [1.165, 1.54) is 0 Å². The van der Waals surface area contributed by atoms with Crippen molar-refractivity contribution in [1.82, 2.24) is 0 Å². The average molecular weight is 304 g/mol. The number of halogens is 1. The maximum Gasteiger partial charge on any atom is 0.255 e. The van der Waals surface area contributed by atoms with Crippen molar-refractivity contribution in [3.63, 3.8) is 0 Å². The molecule has 1 aliphatic heterocycles. The van der Waals surface area contributed by atoms with Crippen molar-refractivity contribution in [2.45, 2.75) is 13.8 Å². The van der Waals surface area contributed by atoms with E-state index in [2.05, 4.69) is 5.32 Å². The Bertz CT molecular complexity index is 728. The summed E-state index contributed by atoms with van der Waals surface area (Å²) >= 11 is 6.09. The van der Waals surface area contributed by atoms with Crippen LogP contribution in [0.4, 0.5) is 5.69 Å². The molecule has 21 heavy (non-hydrogen) atoms. The molecule has 0 radical (unpaired) electrons. The molecule has 0 bridgehead atoms. The molecule has 0 unspecified atom stereocenters. The molecule has 2 aromatic rings. The van der Waals surface area contributed by atoms with Crippen LogP contribution in [0.3, 0.4) is 0 Å². The zero-order valence-corrected chi connectivity index (χ0v) is 12.5. The Morgan fingerprint density at radius 3 is 2.81 bits per heavy atom. The summed E-state index contributed by atoms with van der Waals surface area (Å²) in [5.74, 6) is 0.748. The van der Waals surface area contributed by atoms with Crippen LogP contribution in [0, 0.1) is 13.8 Å². The van der Waals surface area contributed by atoms with E-state index in [1.807, 2.05) is 32.0 Å². The number of nitrogens with one attached hydrogen (secondary N) is 1. The number of rotatable bonds is 2. The first-order valence-electron chi connectivity index (χ1n) is 6.52. The molecule has 0 saturated carbocycles.